The molecule has 4 heteroatoms. The number of rotatable bonds is 1. The number of aryl methyl sites for hydroxylation is 2. The molecule has 1 aromatic carbocycles. The van der Waals surface area contributed by atoms with Crippen LogP contribution in [-0.4, -0.2) is 4.98 Å². The first-order valence-corrected chi connectivity index (χ1v) is 5.65. The molecule has 0 saturated heterocycles. The van der Waals surface area contributed by atoms with Gasteiger partial charge in [0.15, 0.2) is 0 Å². The normalized spacial score (nSPS) is 10.5. The average molecular weight is 248 g/mol. The summed E-state index contributed by atoms with van der Waals surface area (Å²) in [5.41, 5.74) is 16.1. The Labute approximate surface area is 105 Å². The van der Waals surface area contributed by atoms with Crippen molar-refractivity contribution < 1.29 is 0 Å². The number of nitrogens with two attached hydrogens (primary N) is 2. The van der Waals surface area contributed by atoms with Crippen LogP contribution in [0.3, 0.4) is 0 Å². The van der Waals surface area contributed by atoms with Gasteiger partial charge in [0.2, 0.25) is 0 Å². The maximum atomic E-state index is 6.28. The molecule has 0 aliphatic carbocycles. The van der Waals surface area contributed by atoms with E-state index in [0.717, 1.165) is 22.3 Å². The lowest BCUT2D eigenvalue weighted by atomic mass is 9.98. The summed E-state index contributed by atoms with van der Waals surface area (Å²) in [4.78, 5) is 3.95. The van der Waals surface area contributed by atoms with Gasteiger partial charge in [0, 0.05) is 22.3 Å². The van der Waals surface area contributed by atoms with Crippen molar-refractivity contribution in [2.24, 2.45) is 0 Å². The summed E-state index contributed by atoms with van der Waals surface area (Å²) in [5, 5.41) is 0.680. The van der Waals surface area contributed by atoms with Crippen LogP contribution in [0.5, 0.6) is 0 Å². The number of hydrogen-bond acceptors (Lipinski definition) is 3. The van der Waals surface area contributed by atoms with Crippen LogP contribution in [0.4, 0.5) is 11.5 Å². The molecule has 0 aliphatic rings. The van der Waals surface area contributed by atoms with Crippen LogP contribution in [0.1, 0.15) is 11.1 Å². The number of anilines is 2. The first-order valence-electron chi connectivity index (χ1n) is 5.27. The fourth-order valence-corrected chi connectivity index (χ4v) is 2.39. The first-order chi connectivity index (χ1) is 8.00. The predicted molar refractivity (Wildman–Crippen MR) is 73.0 cm³/mol. The molecule has 88 valence electrons. The molecule has 0 amide bonds. The van der Waals surface area contributed by atoms with Crippen LogP contribution in [0.25, 0.3) is 11.1 Å². The average Bonchev–Trinajstić information content (AvgIpc) is 2.23. The van der Waals surface area contributed by atoms with Gasteiger partial charge in [0.1, 0.15) is 5.82 Å². The molecular weight excluding hydrogens is 234 g/mol. The maximum absolute atomic E-state index is 6.28. The second-order valence-electron chi connectivity index (χ2n) is 4.10. The molecule has 1 heterocycles. The predicted octanol–water partition coefficient (Wildman–Crippen LogP) is 3.18. The van der Waals surface area contributed by atoms with E-state index in [4.69, 9.17) is 23.1 Å². The molecule has 2 aromatic rings. The Kier molecular flexibility index (Phi) is 2.94. The second kappa shape index (κ2) is 4.26. The van der Waals surface area contributed by atoms with E-state index in [2.05, 4.69) is 11.1 Å². The summed E-state index contributed by atoms with van der Waals surface area (Å²) in [6.07, 6.45) is 1.64. The fraction of sp³-hybridized carbons (Fsp3) is 0.154. The van der Waals surface area contributed by atoms with Crippen molar-refractivity contribution in [3.05, 3.63) is 40.5 Å². The molecule has 0 atom stereocenters. The molecule has 2 rings (SSSR count). The zero-order chi connectivity index (χ0) is 12.6. The molecule has 0 unspecified atom stereocenters. The number of hydrogen-bond donors (Lipinski definition) is 2. The number of nitrogen functional groups attached to an aromatic ring is 2. The summed E-state index contributed by atoms with van der Waals surface area (Å²) in [7, 11) is 0. The van der Waals surface area contributed by atoms with E-state index < -0.39 is 0 Å². The van der Waals surface area contributed by atoms with Gasteiger partial charge in [-0.2, -0.15) is 0 Å². The molecule has 0 spiro atoms. The standard InChI is InChI=1S/C13H14ClN3/c1-7-5-8(2)11(10(14)6-7)9-3-4-17-13(16)12(9)15/h3-6H,15H2,1-2H3,(H2,16,17). The third-order valence-electron chi connectivity index (χ3n) is 2.72. The SMILES string of the molecule is Cc1cc(C)c(-c2ccnc(N)c2N)c(Cl)c1. The van der Waals surface area contributed by atoms with Gasteiger partial charge < -0.3 is 11.5 Å². The Morgan fingerprint density at radius 2 is 1.88 bits per heavy atom. The van der Waals surface area contributed by atoms with Gasteiger partial charge in [0.25, 0.3) is 0 Å². The highest BCUT2D eigenvalue weighted by Crippen LogP contribution is 2.36. The minimum absolute atomic E-state index is 0.332. The first kappa shape index (κ1) is 11.7. The molecular formula is C13H14ClN3. The highest BCUT2D eigenvalue weighted by Gasteiger charge is 2.12. The summed E-state index contributed by atoms with van der Waals surface area (Å²) in [6.45, 7) is 4.01. The van der Waals surface area contributed by atoms with Crippen LogP contribution in [-0.2, 0) is 0 Å². The molecule has 4 N–H and O–H groups in total. The van der Waals surface area contributed by atoms with Gasteiger partial charge in [-0.25, -0.2) is 4.98 Å². The van der Waals surface area contributed by atoms with Gasteiger partial charge in [-0.1, -0.05) is 17.7 Å². The number of aromatic nitrogens is 1. The Bertz CT molecular complexity index is 556. The van der Waals surface area contributed by atoms with E-state index in [9.17, 15) is 0 Å². The molecule has 0 bridgehead atoms. The van der Waals surface area contributed by atoms with E-state index >= 15 is 0 Å². The van der Waals surface area contributed by atoms with Crippen molar-refractivity contribution in [2.75, 3.05) is 11.5 Å². The highest BCUT2D eigenvalue weighted by molar-refractivity contribution is 6.33. The lowest BCUT2D eigenvalue weighted by Crippen LogP contribution is -2.00. The van der Waals surface area contributed by atoms with Gasteiger partial charge in [-0.3, -0.25) is 0 Å². The van der Waals surface area contributed by atoms with Crippen molar-refractivity contribution in [2.45, 2.75) is 13.8 Å². The minimum atomic E-state index is 0.332. The van der Waals surface area contributed by atoms with Gasteiger partial charge in [-0.15, -0.1) is 0 Å². The van der Waals surface area contributed by atoms with E-state index in [1.807, 2.05) is 26.0 Å². The van der Waals surface area contributed by atoms with Crippen molar-refractivity contribution in [3.8, 4) is 11.1 Å². The largest absolute Gasteiger partial charge is 0.395 e. The number of benzene rings is 1. The van der Waals surface area contributed by atoms with E-state index in [0.29, 0.717) is 16.5 Å². The summed E-state index contributed by atoms with van der Waals surface area (Å²) in [6, 6.07) is 5.81. The molecule has 0 aliphatic heterocycles. The monoisotopic (exact) mass is 247 g/mol. The third kappa shape index (κ3) is 2.06. The molecule has 3 nitrogen and oxygen atoms in total. The van der Waals surface area contributed by atoms with Crippen molar-refractivity contribution in [1.29, 1.82) is 0 Å². The molecule has 1 aromatic heterocycles. The zero-order valence-corrected chi connectivity index (χ0v) is 10.5. The lowest BCUT2D eigenvalue weighted by Gasteiger charge is -2.13. The van der Waals surface area contributed by atoms with Crippen LogP contribution in [0.2, 0.25) is 5.02 Å². The van der Waals surface area contributed by atoms with Crippen molar-refractivity contribution >= 4 is 23.1 Å². The van der Waals surface area contributed by atoms with Crippen LogP contribution < -0.4 is 11.5 Å². The molecule has 0 fully saturated rings. The lowest BCUT2D eigenvalue weighted by molar-refractivity contribution is 1.33. The zero-order valence-electron chi connectivity index (χ0n) is 9.79. The van der Waals surface area contributed by atoms with Crippen molar-refractivity contribution in [1.82, 2.24) is 4.98 Å². The quantitative estimate of drug-likeness (QED) is 0.813. The Hall–Kier alpha value is -1.74. The van der Waals surface area contributed by atoms with Gasteiger partial charge in [0.05, 0.1) is 5.69 Å². The molecule has 0 saturated carbocycles. The summed E-state index contributed by atoms with van der Waals surface area (Å²) in [5.74, 6) is 0.332. The van der Waals surface area contributed by atoms with Crippen LogP contribution >= 0.6 is 11.6 Å². The second-order valence-corrected chi connectivity index (χ2v) is 4.50. The smallest absolute Gasteiger partial charge is 0.147 e. The third-order valence-corrected chi connectivity index (χ3v) is 3.02. The highest BCUT2D eigenvalue weighted by atomic mass is 35.5. The Balaban J connectivity index is 2.73. The molecule has 0 radical (unpaired) electrons. The topological polar surface area (TPSA) is 64.9 Å². The number of nitrogens with zero attached hydrogens (tertiary/aromatic N) is 1. The van der Waals surface area contributed by atoms with E-state index in [1.54, 1.807) is 6.20 Å². The number of pyridine rings is 1. The van der Waals surface area contributed by atoms with Crippen molar-refractivity contribution in [3.63, 3.8) is 0 Å². The minimum Gasteiger partial charge on any atom is -0.395 e. The van der Waals surface area contributed by atoms with Crippen LogP contribution in [0, 0.1) is 13.8 Å². The Morgan fingerprint density at radius 3 is 2.53 bits per heavy atom. The maximum Gasteiger partial charge on any atom is 0.147 e. The summed E-state index contributed by atoms with van der Waals surface area (Å²) < 4.78 is 0. The molecule has 17 heavy (non-hydrogen) atoms. The fourth-order valence-electron chi connectivity index (χ4n) is 1.96. The van der Waals surface area contributed by atoms with Gasteiger partial charge in [-0.05, 0) is 37.1 Å². The van der Waals surface area contributed by atoms with E-state index in [-0.39, 0.29) is 0 Å². The van der Waals surface area contributed by atoms with E-state index in [1.165, 1.54) is 0 Å². The van der Waals surface area contributed by atoms with Crippen LogP contribution in [0.15, 0.2) is 24.4 Å². The summed E-state index contributed by atoms with van der Waals surface area (Å²) >= 11 is 6.28. The number of halogens is 1. The van der Waals surface area contributed by atoms with Gasteiger partial charge >= 0.3 is 0 Å². The Morgan fingerprint density at radius 1 is 1.18 bits per heavy atom.